The molecule has 0 fully saturated rings. The zero-order valence-electron chi connectivity index (χ0n) is 8.36. The quantitative estimate of drug-likeness (QED) is 0.676. The molecule has 0 saturated carbocycles. The average molecular weight is 196 g/mol. The van der Waals surface area contributed by atoms with E-state index in [-0.39, 0.29) is 0 Å². The van der Waals surface area contributed by atoms with Crippen LogP contribution in [0.5, 0.6) is 0 Å². The van der Waals surface area contributed by atoms with Crippen LogP contribution in [0.4, 0.5) is 0 Å². The standard InChI is InChI=1S/C11H17OP/c1-3-10-13(12,4-2)11-8-6-5-7-9-11/h5-9H,3-4,10H2,1-2H3. The fourth-order valence-electron chi connectivity index (χ4n) is 1.53. The highest BCUT2D eigenvalue weighted by Crippen LogP contribution is 2.44. The molecule has 2 heteroatoms. The summed E-state index contributed by atoms with van der Waals surface area (Å²) < 4.78 is 12.4. The van der Waals surface area contributed by atoms with Crippen LogP contribution in [0.1, 0.15) is 20.3 Å². The fourth-order valence-corrected chi connectivity index (χ4v) is 3.91. The minimum Gasteiger partial charge on any atom is -0.319 e. The molecule has 0 spiro atoms. The fraction of sp³-hybridized carbons (Fsp3) is 0.455. The predicted molar refractivity (Wildman–Crippen MR) is 59.4 cm³/mol. The van der Waals surface area contributed by atoms with Gasteiger partial charge >= 0.3 is 0 Å². The van der Waals surface area contributed by atoms with Gasteiger partial charge in [0.1, 0.15) is 7.14 Å². The number of benzene rings is 1. The van der Waals surface area contributed by atoms with Crippen molar-refractivity contribution in [1.82, 2.24) is 0 Å². The van der Waals surface area contributed by atoms with Gasteiger partial charge in [-0.25, -0.2) is 0 Å². The molecule has 0 aliphatic rings. The van der Waals surface area contributed by atoms with Crippen LogP contribution in [0, 0.1) is 0 Å². The first-order chi connectivity index (χ1) is 6.23. The minimum atomic E-state index is -2.05. The van der Waals surface area contributed by atoms with Crippen molar-refractivity contribution in [3.05, 3.63) is 30.3 Å². The molecule has 0 aliphatic heterocycles. The third-order valence-corrected chi connectivity index (χ3v) is 5.75. The minimum absolute atomic E-state index is 0.783. The summed E-state index contributed by atoms with van der Waals surface area (Å²) in [4.78, 5) is 0. The maximum Gasteiger partial charge on any atom is 0.115 e. The Hall–Kier alpha value is -0.550. The van der Waals surface area contributed by atoms with Crippen LogP contribution >= 0.6 is 7.14 Å². The van der Waals surface area contributed by atoms with Crippen molar-refractivity contribution >= 4 is 12.4 Å². The molecule has 1 nitrogen and oxygen atoms in total. The molecule has 72 valence electrons. The van der Waals surface area contributed by atoms with Gasteiger partial charge in [-0.3, -0.25) is 0 Å². The summed E-state index contributed by atoms with van der Waals surface area (Å²) in [7, 11) is -2.05. The van der Waals surface area contributed by atoms with Crippen LogP contribution < -0.4 is 5.30 Å². The second kappa shape index (κ2) is 4.62. The average Bonchev–Trinajstić information content (AvgIpc) is 2.19. The van der Waals surface area contributed by atoms with E-state index < -0.39 is 7.14 Å². The summed E-state index contributed by atoms with van der Waals surface area (Å²) in [6.45, 7) is 4.11. The van der Waals surface area contributed by atoms with Crippen LogP contribution in [0.15, 0.2) is 30.3 Å². The van der Waals surface area contributed by atoms with Crippen molar-refractivity contribution in [1.29, 1.82) is 0 Å². The van der Waals surface area contributed by atoms with Crippen LogP contribution in [-0.2, 0) is 4.57 Å². The highest BCUT2D eigenvalue weighted by atomic mass is 31.2. The SMILES string of the molecule is CCCP(=O)(CC)c1ccccc1. The lowest BCUT2D eigenvalue weighted by Gasteiger charge is -2.15. The van der Waals surface area contributed by atoms with Crippen molar-refractivity contribution in [3.63, 3.8) is 0 Å². The Morgan fingerprint density at radius 2 is 1.77 bits per heavy atom. The van der Waals surface area contributed by atoms with Gasteiger partial charge in [0.05, 0.1) is 0 Å². The van der Waals surface area contributed by atoms with Gasteiger partial charge in [0.2, 0.25) is 0 Å². The van der Waals surface area contributed by atoms with Gasteiger partial charge in [-0.2, -0.15) is 0 Å². The smallest absolute Gasteiger partial charge is 0.115 e. The molecule has 0 aromatic heterocycles. The van der Waals surface area contributed by atoms with E-state index in [1.54, 1.807) is 0 Å². The van der Waals surface area contributed by atoms with Gasteiger partial charge in [-0.05, 0) is 6.42 Å². The van der Waals surface area contributed by atoms with E-state index in [2.05, 4.69) is 6.92 Å². The number of rotatable bonds is 4. The molecule has 0 saturated heterocycles. The Morgan fingerprint density at radius 3 is 2.23 bits per heavy atom. The van der Waals surface area contributed by atoms with E-state index in [0.29, 0.717) is 0 Å². The van der Waals surface area contributed by atoms with Gasteiger partial charge in [0.25, 0.3) is 0 Å². The van der Waals surface area contributed by atoms with E-state index >= 15 is 0 Å². The highest BCUT2D eigenvalue weighted by molar-refractivity contribution is 7.71. The van der Waals surface area contributed by atoms with Crippen molar-refractivity contribution in [3.8, 4) is 0 Å². The number of hydrogen-bond acceptors (Lipinski definition) is 1. The van der Waals surface area contributed by atoms with E-state index in [9.17, 15) is 4.57 Å². The first kappa shape index (κ1) is 10.5. The zero-order chi connectivity index (χ0) is 9.73. The molecular formula is C11H17OP. The summed E-state index contributed by atoms with van der Waals surface area (Å²) in [5.74, 6) is 0. The molecule has 1 aromatic carbocycles. The molecule has 1 unspecified atom stereocenters. The summed E-state index contributed by atoms with van der Waals surface area (Å²) in [5.41, 5.74) is 0. The van der Waals surface area contributed by atoms with Crippen LogP contribution in [0.25, 0.3) is 0 Å². The number of hydrogen-bond donors (Lipinski definition) is 0. The third kappa shape index (κ3) is 2.45. The lowest BCUT2D eigenvalue weighted by molar-refractivity contribution is 0.581. The van der Waals surface area contributed by atoms with Gasteiger partial charge in [-0.1, -0.05) is 44.2 Å². The first-order valence-corrected chi connectivity index (χ1v) is 6.94. The lowest BCUT2D eigenvalue weighted by Crippen LogP contribution is -2.08. The summed E-state index contributed by atoms with van der Waals surface area (Å²) in [6.07, 6.45) is 2.62. The maximum atomic E-state index is 12.4. The topological polar surface area (TPSA) is 17.1 Å². The largest absolute Gasteiger partial charge is 0.319 e. The second-order valence-corrected chi connectivity index (χ2v) is 6.64. The van der Waals surface area contributed by atoms with E-state index in [4.69, 9.17) is 0 Å². The Labute approximate surface area is 80.5 Å². The summed E-state index contributed by atoms with van der Waals surface area (Å²) in [6, 6.07) is 9.87. The highest BCUT2D eigenvalue weighted by Gasteiger charge is 2.20. The summed E-state index contributed by atoms with van der Waals surface area (Å²) in [5, 5.41) is 1.04. The molecule has 1 rings (SSSR count). The van der Waals surface area contributed by atoms with Crippen LogP contribution in [0.3, 0.4) is 0 Å². The first-order valence-electron chi connectivity index (χ1n) is 4.86. The van der Waals surface area contributed by atoms with Crippen molar-refractivity contribution < 1.29 is 4.57 Å². The van der Waals surface area contributed by atoms with Gasteiger partial charge < -0.3 is 4.57 Å². The molecular weight excluding hydrogens is 179 g/mol. The van der Waals surface area contributed by atoms with Gasteiger partial charge in [0, 0.05) is 17.6 Å². The molecule has 1 aromatic rings. The van der Waals surface area contributed by atoms with Crippen LogP contribution in [0.2, 0.25) is 0 Å². The Kier molecular flexibility index (Phi) is 3.74. The monoisotopic (exact) mass is 196 g/mol. The molecule has 0 bridgehead atoms. The van der Waals surface area contributed by atoms with E-state index in [1.807, 2.05) is 37.3 Å². The van der Waals surface area contributed by atoms with Crippen molar-refractivity contribution in [2.75, 3.05) is 12.3 Å². The zero-order valence-corrected chi connectivity index (χ0v) is 9.26. The normalized spacial score (nSPS) is 15.2. The molecule has 0 N–H and O–H groups in total. The van der Waals surface area contributed by atoms with Crippen molar-refractivity contribution in [2.45, 2.75) is 20.3 Å². The van der Waals surface area contributed by atoms with Crippen LogP contribution in [-0.4, -0.2) is 12.3 Å². The Morgan fingerprint density at radius 1 is 1.15 bits per heavy atom. The second-order valence-electron chi connectivity index (χ2n) is 3.26. The van der Waals surface area contributed by atoms with Gasteiger partial charge in [0.15, 0.2) is 0 Å². The van der Waals surface area contributed by atoms with Crippen molar-refractivity contribution in [2.24, 2.45) is 0 Å². The van der Waals surface area contributed by atoms with E-state index in [1.165, 1.54) is 0 Å². The third-order valence-electron chi connectivity index (χ3n) is 2.32. The Balaban J connectivity index is 2.96. The molecule has 0 radical (unpaired) electrons. The molecule has 13 heavy (non-hydrogen) atoms. The molecule has 0 amide bonds. The summed E-state index contributed by atoms with van der Waals surface area (Å²) >= 11 is 0. The maximum absolute atomic E-state index is 12.4. The Bertz CT molecular complexity index is 292. The molecule has 0 heterocycles. The van der Waals surface area contributed by atoms with E-state index in [0.717, 1.165) is 24.0 Å². The molecule has 0 aliphatic carbocycles. The lowest BCUT2D eigenvalue weighted by atomic mass is 10.4. The molecule has 1 atom stereocenters. The predicted octanol–water partition coefficient (Wildman–Crippen LogP) is 3.10. The van der Waals surface area contributed by atoms with Gasteiger partial charge in [-0.15, -0.1) is 0 Å².